The van der Waals surface area contributed by atoms with Crippen LogP contribution in [-0.4, -0.2) is 76.0 Å². The van der Waals surface area contributed by atoms with Crippen molar-refractivity contribution in [2.45, 2.75) is 0 Å². The van der Waals surface area contributed by atoms with E-state index in [4.69, 9.17) is 35.2 Å². The number of rotatable bonds is 0. The van der Waals surface area contributed by atoms with Gasteiger partial charge in [0.1, 0.15) is 9.98 Å². The highest BCUT2D eigenvalue weighted by molar-refractivity contribution is 7.89. The van der Waals surface area contributed by atoms with Crippen molar-refractivity contribution in [3.63, 3.8) is 0 Å². The van der Waals surface area contributed by atoms with E-state index in [1.165, 1.54) is 0 Å². The summed E-state index contributed by atoms with van der Waals surface area (Å²) in [6.07, 6.45) is 0. The Morgan fingerprint density at radius 2 is 0.619 bits per heavy atom. The molecule has 0 atom stereocenters. The van der Waals surface area contributed by atoms with Gasteiger partial charge in [-0.25, -0.2) is 0 Å². The topological polar surface area (TPSA) is 98.2 Å². The van der Waals surface area contributed by atoms with Crippen molar-refractivity contribution in [1.82, 2.24) is 0 Å². The standard InChI is InChI=1S/C10H20O5.C2H4N2S2/c1-2-12-5-6-14-9-10-15-8-7-13-4-3-11-1;3-1(5)2(4)6/h1-10H2;(H2,3,5)(H2,4,6). The van der Waals surface area contributed by atoms with Crippen molar-refractivity contribution in [2.75, 3.05) is 66.1 Å². The van der Waals surface area contributed by atoms with Gasteiger partial charge in [0.2, 0.25) is 0 Å². The Bertz CT molecular complexity index is 212. The van der Waals surface area contributed by atoms with Crippen LogP contribution in [0.5, 0.6) is 0 Å². The molecule has 0 aliphatic carbocycles. The van der Waals surface area contributed by atoms with Crippen LogP contribution >= 0.6 is 24.4 Å². The second kappa shape index (κ2) is 16.0. The first-order valence-corrected chi connectivity index (χ1v) is 7.44. The van der Waals surface area contributed by atoms with Crippen molar-refractivity contribution in [2.24, 2.45) is 11.5 Å². The maximum Gasteiger partial charge on any atom is 0.131 e. The average Bonchev–Trinajstić information content (AvgIpc) is 2.46. The summed E-state index contributed by atoms with van der Waals surface area (Å²) in [5.41, 5.74) is 9.80. The Labute approximate surface area is 136 Å². The van der Waals surface area contributed by atoms with Crippen LogP contribution in [0.3, 0.4) is 0 Å². The quantitative estimate of drug-likeness (QED) is 0.573. The molecule has 0 radical (unpaired) electrons. The third kappa shape index (κ3) is 17.5. The van der Waals surface area contributed by atoms with Gasteiger partial charge < -0.3 is 35.2 Å². The van der Waals surface area contributed by atoms with E-state index in [0.717, 1.165) is 0 Å². The number of thiocarbonyl (C=S) groups is 2. The fourth-order valence-corrected chi connectivity index (χ4v) is 1.10. The smallest absolute Gasteiger partial charge is 0.131 e. The van der Waals surface area contributed by atoms with Gasteiger partial charge in [-0.15, -0.1) is 0 Å². The SMILES string of the molecule is C1COCCOCCOCCOCCO1.NC(=S)C(N)=S. The lowest BCUT2D eigenvalue weighted by Crippen LogP contribution is -2.26. The Morgan fingerprint density at radius 1 is 0.476 bits per heavy atom. The zero-order chi connectivity index (χ0) is 15.8. The molecule has 7 nitrogen and oxygen atoms in total. The first-order valence-electron chi connectivity index (χ1n) is 6.62. The van der Waals surface area contributed by atoms with Crippen LogP contribution in [-0.2, 0) is 23.7 Å². The summed E-state index contributed by atoms with van der Waals surface area (Å²) in [6.45, 7) is 6.11. The van der Waals surface area contributed by atoms with Gasteiger partial charge in [0, 0.05) is 0 Å². The molecular weight excluding hydrogens is 316 g/mol. The molecule has 0 saturated carbocycles. The van der Waals surface area contributed by atoms with E-state index < -0.39 is 0 Å². The van der Waals surface area contributed by atoms with Gasteiger partial charge >= 0.3 is 0 Å². The minimum atomic E-state index is 0.102. The predicted molar refractivity (Wildman–Crippen MR) is 87.7 cm³/mol. The summed E-state index contributed by atoms with van der Waals surface area (Å²) in [4.78, 5) is 0.204. The highest BCUT2D eigenvalue weighted by Crippen LogP contribution is 1.86. The maximum absolute atomic E-state index is 5.28. The third-order valence-corrected chi connectivity index (χ3v) is 2.67. The number of nitrogens with two attached hydrogens (primary N) is 2. The van der Waals surface area contributed by atoms with Crippen LogP contribution in [0, 0.1) is 0 Å². The molecule has 1 fully saturated rings. The summed E-state index contributed by atoms with van der Waals surface area (Å²) in [5.74, 6) is 0. The first-order chi connectivity index (χ1) is 10.1. The molecule has 0 unspecified atom stereocenters. The van der Waals surface area contributed by atoms with Crippen LogP contribution in [0.4, 0.5) is 0 Å². The van der Waals surface area contributed by atoms with E-state index in [2.05, 4.69) is 24.4 Å². The van der Waals surface area contributed by atoms with Crippen molar-refractivity contribution >= 4 is 34.4 Å². The van der Waals surface area contributed by atoms with Crippen molar-refractivity contribution < 1.29 is 23.7 Å². The van der Waals surface area contributed by atoms with Crippen LogP contribution in [0.1, 0.15) is 0 Å². The van der Waals surface area contributed by atoms with Gasteiger partial charge in [-0.2, -0.15) is 0 Å². The highest BCUT2D eigenvalue weighted by Gasteiger charge is 1.95. The average molecular weight is 340 g/mol. The Morgan fingerprint density at radius 3 is 0.714 bits per heavy atom. The Kier molecular flexibility index (Phi) is 15.6. The van der Waals surface area contributed by atoms with E-state index >= 15 is 0 Å². The molecule has 0 bridgehead atoms. The molecule has 1 aliphatic rings. The summed E-state index contributed by atoms with van der Waals surface area (Å²) < 4.78 is 26.4. The lowest BCUT2D eigenvalue weighted by atomic mass is 10.7. The van der Waals surface area contributed by atoms with Crippen LogP contribution < -0.4 is 11.5 Å². The molecule has 0 aromatic rings. The molecule has 1 aliphatic heterocycles. The second-order valence-electron chi connectivity index (χ2n) is 3.79. The lowest BCUT2D eigenvalue weighted by Gasteiger charge is -2.05. The summed E-state index contributed by atoms with van der Waals surface area (Å²) in [6, 6.07) is 0. The van der Waals surface area contributed by atoms with E-state index in [1.807, 2.05) is 0 Å². The summed E-state index contributed by atoms with van der Waals surface area (Å²) >= 11 is 8.66. The molecule has 9 heteroatoms. The summed E-state index contributed by atoms with van der Waals surface area (Å²) in [7, 11) is 0. The van der Waals surface area contributed by atoms with Gasteiger partial charge in [-0.05, 0) is 0 Å². The van der Waals surface area contributed by atoms with Crippen molar-refractivity contribution in [3.05, 3.63) is 0 Å². The van der Waals surface area contributed by atoms with E-state index in [9.17, 15) is 0 Å². The maximum atomic E-state index is 5.28. The highest BCUT2D eigenvalue weighted by atomic mass is 32.1. The normalized spacial score (nSPS) is 19.2. The predicted octanol–water partition coefficient (Wildman–Crippen LogP) is -0.358. The van der Waals surface area contributed by atoms with E-state index in [0.29, 0.717) is 66.1 Å². The van der Waals surface area contributed by atoms with E-state index in [1.54, 1.807) is 0 Å². The molecule has 1 rings (SSSR count). The number of hydrogen-bond donors (Lipinski definition) is 2. The molecular formula is C12H24N2O5S2. The molecule has 1 heterocycles. The Balaban J connectivity index is 0.000000567. The van der Waals surface area contributed by atoms with Gasteiger partial charge in [-0.3, -0.25) is 0 Å². The molecule has 1 saturated heterocycles. The Hall–Kier alpha value is -0.420. The molecule has 0 spiro atoms. The molecule has 124 valence electrons. The van der Waals surface area contributed by atoms with Crippen molar-refractivity contribution in [1.29, 1.82) is 0 Å². The van der Waals surface area contributed by atoms with Gasteiger partial charge in [-0.1, -0.05) is 24.4 Å². The van der Waals surface area contributed by atoms with E-state index in [-0.39, 0.29) is 9.98 Å². The van der Waals surface area contributed by atoms with Gasteiger partial charge in [0.25, 0.3) is 0 Å². The largest absolute Gasteiger partial charge is 0.388 e. The molecule has 4 N–H and O–H groups in total. The molecule has 21 heavy (non-hydrogen) atoms. The zero-order valence-corrected chi connectivity index (χ0v) is 13.7. The fraction of sp³-hybridized carbons (Fsp3) is 0.833. The zero-order valence-electron chi connectivity index (χ0n) is 12.1. The fourth-order valence-electron chi connectivity index (χ4n) is 1.10. The van der Waals surface area contributed by atoms with Crippen LogP contribution in [0.2, 0.25) is 0 Å². The third-order valence-electron chi connectivity index (χ3n) is 2.10. The lowest BCUT2D eigenvalue weighted by molar-refractivity contribution is 0.00206. The number of hydrogen-bond acceptors (Lipinski definition) is 7. The monoisotopic (exact) mass is 340 g/mol. The van der Waals surface area contributed by atoms with Crippen LogP contribution in [0.15, 0.2) is 0 Å². The number of ether oxygens (including phenoxy) is 5. The van der Waals surface area contributed by atoms with Crippen molar-refractivity contribution in [3.8, 4) is 0 Å². The van der Waals surface area contributed by atoms with Crippen LogP contribution in [0.25, 0.3) is 0 Å². The molecule has 0 aromatic heterocycles. The minimum absolute atomic E-state index is 0.102. The first kappa shape index (κ1) is 20.6. The van der Waals surface area contributed by atoms with Gasteiger partial charge in [0.05, 0.1) is 66.1 Å². The van der Waals surface area contributed by atoms with Gasteiger partial charge in [0.15, 0.2) is 0 Å². The summed E-state index contributed by atoms with van der Waals surface area (Å²) in [5, 5.41) is 0. The molecule has 0 amide bonds. The second-order valence-corrected chi connectivity index (χ2v) is 4.67. The minimum Gasteiger partial charge on any atom is -0.388 e. The molecule has 0 aromatic carbocycles.